The van der Waals surface area contributed by atoms with Crippen LogP contribution in [0, 0.1) is 13.8 Å². The molecule has 138 valence electrons. The Kier molecular flexibility index (Phi) is 5.33. The number of hydrogen-bond donors (Lipinski definition) is 2. The van der Waals surface area contributed by atoms with E-state index in [4.69, 9.17) is 5.73 Å². The monoisotopic (exact) mass is 373 g/mol. The van der Waals surface area contributed by atoms with Gasteiger partial charge in [-0.05, 0) is 45.4 Å². The number of hydrogen-bond acceptors (Lipinski definition) is 6. The number of thiazole rings is 1. The first-order valence-electron chi connectivity index (χ1n) is 8.58. The van der Waals surface area contributed by atoms with Gasteiger partial charge in [0.05, 0.1) is 17.9 Å². The third-order valence-corrected chi connectivity index (χ3v) is 5.83. The number of aryl methyl sites for hydroxylation is 2. The van der Waals surface area contributed by atoms with Crippen molar-refractivity contribution >= 4 is 28.3 Å². The normalized spacial score (nSPS) is 20.7. The number of nitrogens with two attached hydrogens (primary N) is 1. The van der Waals surface area contributed by atoms with E-state index in [9.17, 15) is 9.59 Å². The Morgan fingerprint density at radius 2 is 2.19 bits per heavy atom. The van der Waals surface area contributed by atoms with Crippen molar-refractivity contribution in [2.45, 2.75) is 32.1 Å². The Morgan fingerprint density at radius 1 is 1.38 bits per heavy atom. The van der Waals surface area contributed by atoms with Crippen LogP contribution < -0.4 is 11.1 Å². The van der Waals surface area contributed by atoms with Crippen LogP contribution in [0.25, 0.3) is 0 Å². The number of anilines is 1. The number of nitrogens with zero attached hydrogens (tertiary/aromatic N) is 3. The van der Waals surface area contributed by atoms with Crippen molar-refractivity contribution in [1.29, 1.82) is 0 Å². The number of piperidine rings is 1. The molecule has 3 heterocycles. The molecule has 0 saturated carbocycles. The van der Waals surface area contributed by atoms with Crippen molar-refractivity contribution in [1.82, 2.24) is 14.9 Å². The lowest BCUT2D eigenvalue weighted by Crippen LogP contribution is -2.55. The number of likely N-dealkylation sites (tertiary alicyclic amines) is 1. The van der Waals surface area contributed by atoms with Gasteiger partial charge in [0.2, 0.25) is 11.8 Å². The van der Waals surface area contributed by atoms with E-state index < -0.39 is 11.3 Å². The molecule has 1 fully saturated rings. The van der Waals surface area contributed by atoms with Crippen molar-refractivity contribution in [2.24, 2.45) is 5.73 Å². The van der Waals surface area contributed by atoms with Crippen LogP contribution in [0.15, 0.2) is 24.4 Å². The van der Waals surface area contributed by atoms with Gasteiger partial charge in [-0.2, -0.15) is 0 Å². The molecule has 0 aliphatic carbocycles. The molecular formula is C18H23N5O2S. The summed E-state index contributed by atoms with van der Waals surface area (Å²) in [5.74, 6) is -0.535. The lowest BCUT2D eigenvalue weighted by molar-refractivity contribution is -0.127. The second kappa shape index (κ2) is 7.51. The summed E-state index contributed by atoms with van der Waals surface area (Å²) < 4.78 is 0. The number of aromatic nitrogens is 2. The molecule has 1 saturated heterocycles. The largest absolute Gasteiger partial charge is 0.369 e. The summed E-state index contributed by atoms with van der Waals surface area (Å²) in [7, 11) is 0. The molecule has 0 radical (unpaired) electrons. The zero-order valence-corrected chi connectivity index (χ0v) is 15.8. The highest BCUT2D eigenvalue weighted by atomic mass is 32.1. The van der Waals surface area contributed by atoms with Crippen LogP contribution >= 0.6 is 11.3 Å². The minimum atomic E-state index is -0.853. The summed E-state index contributed by atoms with van der Waals surface area (Å²) in [6.45, 7) is 5.22. The summed E-state index contributed by atoms with van der Waals surface area (Å²) in [6.07, 6.45) is 3.09. The molecule has 1 aliphatic heterocycles. The van der Waals surface area contributed by atoms with E-state index in [1.54, 1.807) is 6.20 Å². The predicted octanol–water partition coefficient (Wildman–Crippen LogP) is 1.61. The molecule has 0 unspecified atom stereocenters. The molecule has 1 aliphatic rings. The molecule has 3 N–H and O–H groups in total. The maximum absolute atomic E-state index is 12.4. The Balaban J connectivity index is 1.71. The van der Waals surface area contributed by atoms with E-state index in [0.29, 0.717) is 23.8 Å². The minimum absolute atomic E-state index is 0.139. The Morgan fingerprint density at radius 3 is 2.81 bits per heavy atom. The maximum atomic E-state index is 12.4. The van der Waals surface area contributed by atoms with E-state index >= 15 is 0 Å². The Bertz CT molecular complexity index is 788. The summed E-state index contributed by atoms with van der Waals surface area (Å²) in [6, 6.07) is 5.49. The zero-order valence-electron chi connectivity index (χ0n) is 15.0. The number of rotatable bonds is 5. The molecule has 3 rings (SSSR count). The van der Waals surface area contributed by atoms with Crippen LogP contribution in [-0.2, 0) is 15.0 Å². The minimum Gasteiger partial charge on any atom is -0.369 e. The standard InChI is InChI=1S/C18H23N5O2S/c1-12-13(2)26-17(21-12)22-15(24)10-23-9-5-7-18(11-23,16(19)25)14-6-3-4-8-20-14/h3-4,6,8H,5,7,9-11H2,1-2H3,(H2,19,25)(H,21,22,24)/t18-/m0/s1. The number of primary amides is 1. The topological polar surface area (TPSA) is 101 Å². The average Bonchev–Trinajstić information content (AvgIpc) is 2.92. The fourth-order valence-electron chi connectivity index (χ4n) is 3.35. The van der Waals surface area contributed by atoms with Crippen LogP contribution in [0.4, 0.5) is 5.13 Å². The third kappa shape index (κ3) is 3.76. The predicted molar refractivity (Wildman–Crippen MR) is 101 cm³/mol. The van der Waals surface area contributed by atoms with Gasteiger partial charge >= 0.3 is 0 Å². The number of carbonyl (C=O) groups excluding carboxylic acids is 2. The number of carbonyl (C=O) groups is 2. The highest BCUT2D eigenvalue weighted by molar-refractivity contribution is 7.15. The van der Waals surface area contributed by atoms with Gasteiger partial charge in [0.25, 0.3) is 0 Å². The van der Waals surface area contributed by atoms with Gasteiger partial charge in [-0.25, -0.2) is 4.98 Å². The van der Waals surface area contributed by atoms with Gasteiger partial charge in [-0.1, -0.05) is 6.07 Å². The molecule has 1 atom stereocenters. The summed E-state index contributed by atoms with van der Waals surface area (Å²) >= 11 is 1.46. The molecular weight excluding hydrogens is 350 g/mol. The van der Waals surface area contributed by atoms with Gasteiger partial charge in [0, 0.05) is 17.6 Å². The molecule has 2 aromatic heterocycles. The fraction of sp³-hybridized carbons (Fsp3) is 0.444. The smallest absolute Gasteiger partial charge is 0.240 e. The quantitative estimate of drug-likeness (QED) is 0.829. The van der Waals surface area contributed by atoms with Gasteiger partial charge in [0.15, 0.2) is 5.13 Å². The van der Waals surface area contributed by atoms with Crippen LogP contribution in [0.5, 0.6) is 0 Å². The highest BCUT2D eigenvalue weighted by Crippen LogP contribution is 2.32. The molecule has 8 heteroatoms. The first-order valence-corrected chi connectivity index (χ1v) is 9.40. The first-order chi connectivity index (χ1) is 12.4. The Hall–Kier alpha value is -2.32. The SMILES string of the molecule is Cc1nc(NC(=O)CN2CCC[C@@](C(N)=O)(c3ccccn3)C2)sc1C. The molecule has 7 nitrogen and oxygen atoms in total. The first kappa shape index (κ1) is 18.5. The van der Waals surface area contributed by atoms with Crippen LogP contribution in [0.3, 0.4) is 0 Å². The number of pyridine rings is 1. The van der Waals surface area contributed by atoms with Crippen molar-refractivity contribution in [3.05, 3.63) is 40.7 Å². The van der Waals surface area contributed by atoms with E-state index in [0.717, 1.165) is 23.5 Å². The summed E-state index contributed by atoms with van der Waals surface area (Å²) in [5.41, 5.74) is 6.50. The fourth-order valence-corrected chi connectivity index (χ4v) is 4.18. The lowest BCUT2D eigenvalue weighted by Gasteiger charge is -2.39. The highest BCUT2D eigenvalue weighted by Gasteiger charge is 2.43. The molecule has 0 aromatic carbocycles. The van der Waals surface area contributed by atoms with Gasteiger partial charge in [-0.15, -0.1) is 11.3 Å². The van der Waals surface area contributed by atoms with Crippen molar-refractivity contribution in [2.75, 3.05) is 25.0 Å². The van der Waals surface area contributed by atoms with Crippen molar-refractivity contribution in [3.63, 3.8) is 0 Å². The van der Waals surface area contributed by atoms with Crippen LogP contribution in [-0.4, -0.2) is 46.3 Å². The lowest BCUT2D eigenvalue weighted by atomic mass is 9.76. The van der Waals surface area contributed by atoms with Gasteiger partial charge in [-0.3, -0.25) is 19.5 Å². The maximum Gasteiger partial charge on any atom is 0.240 e. The second-order valence-electron chi connectivity index (χ2n) is 6.68. The average molecular weight is 373 g/mol. The number of amides is 2. The summed E-state index contributed by atoms with van der Waals surface area (Å²) in [5, 5.41) is 3.45. The van der Waals surface area contributed by atoms with Crippen LogP contribution in [0.2, 0.25) is 0 Å². The second-order valence-corrected chi connectivity index (χ2v) is 7.89. The third-order valence-electron chi connectivity index (χ3n) is 4.84. The molecule has 0 bridgehead atoms. The van der Waals surface area contributed by atoms with Crippen molar-refractivity contribution in [3.8, 4) is 0 Å². The van der Waals surface area contributed by atoms with E-state index in [1.807, 2.05) is 36.9 Å². The zero-order chi connectivity index (χ0) is 18.7. The van der Waals surface area contributed by atoms with E-state index in [2.05, 4.69) is 15.3 Å². The molecule has 0 spiro atoms. The van der Waals surface area contributed by atoms with Crippen molar-refractivity contribution < 1.29 is 9.59 Å². The Labute approximate surface area is 156 Å². The van der Waals surface area contributed by atoms with Gasteiger partial charge in [0.1, 0.15) is 5.41 Å². The summed E-state index contributed by atoms with van der Waals surface area (Å²) in [4.78, 5) is 36.4. The van der Waals surface area contributed by atoms with E-state index in [-0.39, 0.29) is 12.5 Å². The number of nitrogens with one attached hydrogen (secondary N) is 1. The molecule has 2 aromatic rings. The molecule has 26 heavy (non-hydrogen) atoms. The van der Waals surface area contributed by atoms with E-state index in [1.165, 1.54) is 11.3 Å². The van der Waals surface area contributed by atoms with Gasteiger partial charge < -0.3 is 11.1 Å². The van der Waals surface area contributed by atoms with Crippen LogP contribution in [0.1, 0.15) is 29.1 Å². The molecule has 2 amide bonds.